The molecule has 0 saturated carbocycles. The molecule has 1 heterocycles. The lowest BCUT2D eigenvalue weighted by atomic mass is 10.2. The number of pyridine rings is 1. The van der Waals surface area contributed by atoms with Crippen molar-refractivity contribution in [3.8, 4) is 11.6 Å². The smallest absolute Gasteiger partial charge is 0.287 e. The Labute approximate surface area is 130 Å². The van der Waals surface area contributed by atoms with Gasteiger partial charge in [0.2, 0.25) is 5.88 Å². The van der Waals surface area contributed by atoms with Crippen LogP contribution in [0.15, 0.2) is 34.9 Å². The summed E-state index contributed by atoms with van der Waals surface area (Å²) in [6.07, 6.45) is 1.71. The van der Waals surface area contributed by atoms with Crippen molar-refractivity contribution >= 4 is 21.6 Å². The van der Waals surface area contributed by atoms with Gasteiger partial charge in [-0.25, -0.2) is 4.98 Å². The van der Waals surface area contributed by atoms with Crippen molar-refractivity contribution in [2.45, 2.75) is 13.5 Å². The minimum absolute atomic E-state index is 0.0445. The number of aromatic nitrogens is 1. The Morgan fingerprint density at radius 3 is 2.86 bits per heavy atom. The monoisotopic (exact) mass is 351 g/mol. The highest BCUT2D eigenvalue weighted by atomic mass is 79.9. The Kier molecular flexibility index (Phi) is 4.87. The van der Waals surface area contributed by atoms with E-state index in [1.165, 1.54) is 6.07 Å². The van der Waals surface area contributed by atoms with Crippen molar-refractivity contribution < 1.29 is 9.66 Å². The predicted octanol–water partition coefficient (Wildman–Crippen LogP) is 3.57. The number of nitro groups is 1. The summed E-state index contributed by atoms with van der Waals surface area (Å²) in [5.74, 6) is 0.789. The molecule has 0 amide bonds. The summed E-state index contributed by atoms with van der Waals surface area (Å²) < 4.78 is 5.98. The van der Waals surface area contributed by atoms with E-state index >= 15 is 0 Å². The molecule has 7 heteroatoms. The number of hydrogen-bond acceptors (Lipinski definition) is 5. The van der Waals surface area contributed by atoms with E-state index in [9.17, 15) is 10.1 Å². The van der Waals surface area contributed by atoms with Crippen LogP contribution in [0, 0.1) is 17.0 Å². The summed E-state index contributed by atoms with van der Waals surface area (Å²) in [5, 5.41) is 14.0. The normalized spacial score (nSPS) is 10.4. The van der Waals surface area contributed by atoms with Gasteiger partial charge in [0, 0.05) is 24.4 Å². The van der Waals surface area contributed by atoms with Crippen molar-refractivity contribution in [3.63, 3.8) is 0 Å². The molecule has 0 bridgehead atoms. The summed E-state index contributed by atoms with van der Waals surface area (Å²) in [6, 6.07) is 6.60. The predicted molar refractivity (Wildman–Crippen MR) is 82.6 cm³/mol. The molecular formula is C14H14BrN3O3. The average molecular weight is 352 g/mol. The number of nitrogens with one attached hydrogen (secondary N) is 1. The molecule has 2 aromatic rings. The van der Waals surface area contributed by atoms with Gasteiger partial charge in [-0.15, -0.1) is 0 Å². The van der Waals surface area contributed by atoms with Gasteiger partial charge in [0.05, 0.1) is 4.92 Å². The van der Waals surface area contributed by atoms with E-state index in [-0.39, 0.29) is 5.69 Å². The lowest BCUT2D eigenvalue weighted by molar-refractivity contribution is -0.385. The van der Waals surface area contributed by atoms with Gasteiger partial charge in [-0.3, -0.25) is 10.1 Å². The third kappa shape index (κ3) is 3.56. The molecule has 21 heavy (non-hydrogen) atoms. The van der Waals surface area contributed by atoms with Crippen LogP contribution in [0.1, 0.15) is 11.1 Å². The second kappa shape index (κ2) is 6.64. The van der Waals surface area contributed by atoms with Crippen LogP contribution in [0.5, 0.6) is 11.6 Å². The first-order valence-electron chi connectivity index (χ1n) is 6.23. The molecule has 0 spiro atoms. The average Bonchev–Trinajstić information content (AvgIpc) is 2.44. The second-order valence-electron chi connectivity index (χ2n) is 4.44. The molecule has 0 aliphatic carbocycles. The molecule has 1 aromatic heterocycles. The minimum atomic E-state index is -0.465. The van der Waals surface area contributed by atoms with Crippen LogP contribution in [0.3, 0.4) is 0 Å². The quantitative estimate of drug-likeness (QED) is 0.658. The van der Waals surface area contributed by atoms with Crippen molar-refractivity contribution in [2.75, 3.05) is 7.05 Å². The first-order chi connectivity index (χ1) is 10.0. The first-order valence-corrected chi connectivity index (χ1v) is 7.03. The van der Waals surface area contributed by atoms with Crippen LogP contribution in [0.25, 0.3) is 0 Å². The fourth-order valence-corrected chi connectivity index (χ4v) is 2.34. The van der Waals surface area contributed by atoms with E-state index < -0.39 is 4.92 Å². The zero-order valence-electron chi connectivity index (χ0n) is 11.6. The number of benzene rings is 1. The Morgan fingerprint density at radius 1 is 1.48 bits per heavy atom. The third-order valence-corrected chi connectivity index (χ3v) is 3.61. The number of rotatable bonds is 5. The van der Waals surface area contributed by atoms with Gasteiger partial charge >= 0.3 is 0 Å². The van der Waals surface area contributed by atoms with Gasteiger partial charge in [0.1, 0.15) is 4.47 Å². The Bertz CT molecular complexity index is 677. The Balaban J connectivity index is 2.30. The highest BCUT2D eigenvalue weighted by Gasteiger charge is 2.17. The number of ether oxygens (including phenoxy) is 1. The van der Waals surface area contributed by atoms with Crippen LogP contribution >= 0.6 is 15.9 Å². The van der Waals surface area contributed by atoms with Gasteiger partial charge in [-0.1, -0.05) is 6.07 Å². The molecular weight excluding hydrogens is 338 g/mol. The first kappa shape index (κ1) is 15.4. The largest absolute Gasteiger partial charge is 0.437 e. The van der Waals surface area contributed by atoms with Crippen LogP contribution in [-0.2, 0) is 6.54 Å². The van der Waals surface area contributed by atoms with E-state index in [0.29, 0.717) is 22.6 Å². The molecule has 1 N–H and O–H groups in total. The number of nitro benzene ring substituents is 1. The number of hydrogen-bond donors (Lipinski definition) is 1. The number of aryl methyl sites for hydroxylation is 1. The van der Waals surface area contributed by atoms with Crippen molar-refractivity contribution in [1.82, 2.24) is 10.3 Å². The number of nitrogens with zero attached hydrogens (tertiary/aromatic N) is 2. The maximum atomic E-state index is 10.9. The highest BCUT2D eigenvalue weighted by molar-refractivity contribution is 9.10. The Hall–Kier alpha value is -1.99. The third-order valence-electron chi connectivity index (χ3n) is 2.81. The standard InChI is InChI=1S/C14H14BrN3O3/c1-9-6-10(7-16-2)8-17-14(9)21-12-5-3-4-11(13(12)15)18(19)20/h3-6,8,16H,7H2,1-2H3. The molecule has 1 aromatic carbocycles. The number of halogens is 1. The van der Waals surface area contributed by atoms with Gasteiger partial charge in [0.25, 0.3) is 5.69 Å². The summed E-state index contributed by atoms with van der Waals surface area (Å²) >= 11 is 3.20. The maximum absolute atomic E-state index is 10.9. The van der Waals surface area contributed by atoms with Crippen LogP contribution in [0.4, 0.5) is 5.69 Å². The van der Waals surface area contributed by atoms with Gasteiger partial charge in [-0.2, -0.15) is 0 Å². The van der Waals surface area contributed by atoms with Crippen molar-refractivity contribution in [3.05, 3.63) is 56.2 Å². The molecule has 6 nitrogen and oxygen atoms in total. The SMILES string of the molecule is CNCc1cnc(Oc2cccc([N+](=O)[O-])c2Br)c(C)c1. The minimum Gasteiger partial charge on any atom is -0.437 e. The van der Waals surface area contributed by atoms with Gasteiger partial charge < -0.3 is 10.1 Å². The fourth-order valence-electron chi connectivity index (χ4n) is 1.85. The zero-order valence-corrected chi connectivity index (χ0v) is 13.2. The molecule has 0 saturated heterocycles. The van der Waals surface area contributed by atoms with E-state index in [2.05, 4.69) is 26.2 Å². The summed E-state index contributed by atoms with van der Waals surface area (Å²) in [7, 11) is 1.86. The molecule has 0 atom stereocenters. The van der Waals surface area contributed by atoms with E-state index in [1.54, 1.807) is 18.3 Å². The van der Waals surface area contributed by atoms with E-state index in [0.717, 1.165) is 11.1 Å². The van der Waals surface area contributed by atoms with Gasteiger partial charge in [0.15, 0.2) is 5.75 Å². The van der Waals surface area contributed by atoms with E-state index in [1.807, 2.05) is 20.0 Å². The summed E-state index contributed by atoms with van der Waals surface area (Å²) in [5.41, 5.74) is 1.86. The van der Waals surface area contributed by atoms with E-state index in [4.69, 9.17) is 4.74 Å². The second-order valence-corrected chi connectivity index (χ2v) is 5.24. The lowest BCUT2D eigenvalue weighted by Crippen LogP contribution is -2.06. The molecule has 2 rings (SSSR count). The lowest BCUT2D eigenvalue weighted by Gasteiger charge is -2.10. The summed E-state index contributed by atoms with van der Waals surface area (Å²) in [6.45, 7) is 2.60. The van der Waals surface area contributed by atoms with Crippen LogP contribution in [-0.4, -0.2) is 17.0 Å². The molecule has 0 aliphatic rings. The molecule has 0 fully saturated rings. The van der Waals surface area contributed by atoms with Crippen molar-refractivity contribution in [1.29, 1.82) is 0 Å². The Morgan fingerprint density at radius 2 is 2.24 bits per heavy atom. The van der Waals surface area contributed by atoms with Gasteiger partial charge in [-0.05, 0) is 47.6 Å². The van der Waals surface area contributed by atoms with Crippen LogP contribution < -0.4 is 10.1 Å². The molecule has 110 valence electrons. The topological polar surface area (TPSA) is 77.3 Å². The fraction of sp³-hybridized carbons (Fsp3) is 0.214. The maximum Gasteiger partial charge on any atom is 0.287 e. The highest BCUT2D eigenvalue weighted by Crippen LogP contribution is 2.36. The zero-order chi connectivity index (χ0) is 15.4. The molecule has 0 aliphatic heterocycles. The molecule has 0 radical (unpaired) electrons. The summed E-state index contributed by atoms with van der Waals surface area (Å²) in [4.78, 5) is 14.7. The van der Waals surface area contributed by atoms with Crippen LogP contribution in [0.2, 0.25) is 0 Å². The molecule has 0 unspecified atom stereocenters. The van der Waals surface area contributed by atoms with Crippen molar-refractivity contribution in [2.24, 2.45) is 0 Å².